The minimum absolute atomic E-state index is 0.00714. The number of amides is 1. The summed E-state index contributed by atoms with van der Waals surface area (Å²) in [5, 5.41) is 0. The molecule has 0 radical (unpaired) electrons. The molecule has 1 amide bonds. The molecule has 4 heteroatoms. The number of carbonyl (C=O) groups excluding carboxylic acids is 1. The summed E-state index contributed by atoms with van der Waals surface area (Å²) in [5.74, 6) is 1.14. The van der Waals surface area contributed by atoms with Crippen LogP contribution in [0.25, 0.3) is 0 Å². The van der Waals surface area contributed by atoms with Gasteiger partial charge in [0, 0.05) is 13.1 Å². The lowest BCUT2D eigenvalue weighted by Gasteiger charge is -2.31. The van der Waals surface area contributed by atoms with Crippen LogP contribution in [0.4, 0.5) is 0 Å². The predicted octanol–water partition coefficient (Wildman–Crippen LogP) is 3.84. The fourth-order valence-electron chi connectivity index (χ4n) is 3.18. The Bertz CT molecular complexity index is 374. The molecule has 1 aliphatic carbocycles. The maximum absolute atomic E-state index is 12.5. The molecule has 0 aromatic carbocycles. The largest absolute Gasteiger partial charge is 0.342 e. The van der Waals surface area contributed by atoms with Gasteiger partial charge in [-0.05, 0) is 36.2 Å². The lowest BCUT2D eigenvalue weighted by molar-refractivity contribution is -0.135. The highest BCUT2D eigenvalue weighted by atomic mass is 35.5. The Hall–Kier alpha value is -0.210. The van der Waals surface area contributed by atoms with Crippen LogP contribution in [0.3, 0.4) is 0 Å². The zero-order chi connectivity index (χ0) is 13.5. The summed E-state index contributed by atoms with van der Waals surface area (Å²) in [6, 6.07) is 0. The summed E-state index contributed by atoms with van der Waals surface area (Å²) in [4.78, 5) is 14.5. The van der Waals surface area contributed by atoms with Crippen LogP contribution in [0.2, 0.25) is 0 Å². The fraction of sp³-hybridized carbons (Fsp3) is 0.786. The number of halogens is 2. The van der Waals surface area contributed by atoms with E-state index in [0.29, 0.717) is 5.92 Å². The standard InChI is InChI=1S/C14H21Cl2NO/c1-9-5-4-6-17(8-9)13(18)12-10(7-11(15)16)14(12,2)3/h7,9-10,12H,4-6,8H2,1-3H3/t9-,10-,12-/m0/s1. The summed E-state index contributed by atoms with van der Waals surface area (Å²) in [5.41, 5.74) is -0.00714. The summed E-state index contributed by atoms with van der Waals surface area (Å²) >= 11 is 11.4. The van der Waals surface area contributed by atoms with Crippen molar-refractivity contribution in [2.24, 2.45) is 23.2 Å². The highest BCUT2D eigenvalue weighted by Crippen LogP contribution is 2.60. The average molecular weight is 290 g/mol. The smallest absolute Gasteiger partial charge is 0.226 e. The van der Waals surface area contributed by atoms with Crippen LogP contribution in [-0.2, 0) is 4.79 Å². The van der Waals surface area contributed by atoms with E-state index >= 15 is 0 Å². The van der Waals surface area contributed by atoms with E-state index in [4.69, 9.17) is 23.2 Å². The minimum atomic E-state index is -0.00714. The van der Waals surface area contributed by atoms with Gasteiger partial charge in [-0.3, -0.25) is 4.79 Å². The molecule has 18 heavy (non-hydrogen) atoms. The normalized spacial score (nSPS) is 34.1. The summed E-state index contributed by atoms with van der Waals surface area (Å²) in [6.07, 6.45) is 4.17. The maximum atomic E-state index is 12.5. The lowest BCUT2D eigenvalue weighted by atomic mass is 9.99. The first-order chi connectivity index (χ1) is 8.34. The summed E-state index contributed by atoms with van der Waals surface area (Å²) < 4.78 is 0.274. The second-order valence-corrected chi connectivity index (χ2v) is 7.32. The Kier molecular flexibility index (Phi) is 3.99. The van der Waals surface area contributed by atoms with Gasteiger partial charge >= 0.3 is 0 Å². The summed E-state index contributed by atoms with van der Waals surface area (Å²) in [7, 11) is 0. The van der Waals surface area contributed by atoms with Crippen molar-refractivity contribution < 1.29 is 4.79 Å². The molecule has 0 bridgehead atoms. The van der Waals surface area contributed by atoms with Crippen molar-refractivity contribution in [2.45, 2.75) is 33.6 Å². The van der Waals surface area contributed by atoms with Crippen molar-refractivity contribution in [3.63, 3.8) is 0 Å². The Balaban J connectivity index is 2.04. The molecule has 102 valence electrons. The Labute approximate surface area is 119 Å². The number of piperidine rings is 1. The third kappa shape index (κ3) is 2.70. The number of allylic oxidation sites excluding steroid dienone is 1. The highest BCUT2D eigenvalue weighted by Gasteiger charge is 2.61. The number of nitrogens with zero attached hydrogens (tertiary/aromatic N) is 1. The van der Waals surface area contributed by atoms with Crippen molar-refractivity contribution in [1.82, 2.24) is 4.90 Å². The van der Waals surface area contributed by atoms with Crippen molar-refractivity contribution >= 4 is 29.1 Å². The molecule has 2 fully saturated rings. The number of hydrogen-bond acceptors (Lipinski definition) is 1. The quantitative estimate of drug-likeness (QED) is 0.756. The highest BCUT2D eigenvalue weighted by molar-refractivity contribution is 6.55. The number of hydrogen-bond donors (Lipinski definition) is 0. The van der Waals surface area contributed by atoms with Crippen molar-refractivity contribution in [3.8, 4) is 0 Å². The molecule has 1 saturated heterocycles. The molecule has 0 unspecified atom stereocenters. The van der Waals surface area contributed by atoms with E-state index < -0.39 is 0 Å². The van der Waals surface area contributed by atoms with E-state index in [2.05, 4.69) is 20.8 Å². The van der Waals surface area contributed by atoms with Crippen LogP contribution in [0.5, 0.6) is 0 Å². The molecule has 0 N–H and O–H groups in total. The Morgan fingerprint density at radius 3 is 2.61 bits per heavy atom. The van der Waals surface area contributed by atoms with Crippen LogP contribution in [0.15, 0.2) is 10.6 Å². The van der Waals surface area contributed by atoms with Crippen LogP contribution < -0.4 is 0 Å². The molecule has 0 aromatic heterocycles. The van der Waals surface area contributed by atoms with E-state index in [1.54, 1.807) is 0 Å². The Morgan fingerprint density at radius 2 is 2.06 bits per heavy atom. The first-order valence-corrected chi connectivity index (χ1v) is 7.41. The predicted molar refractivity (Wildman–Crippen MR) is 75.5 cm³/mol. The first-order valence-electron chi connectivity index (χ1n) is 6.65. The van der Waals surface area contributed by atoms with E-state index in [1.807, 2.05) is 11.0 Å². The molecule has 3 atom stereocenters. The monoisotopic (exact) mass is 289 g/mol. The zero-order valence-corrected chi connectivity index (χ0v) is 12.8. The number of rotatable bonds is 2. The minimum Gasteiger partial charge on any atom is -0.342 e. The van der Waals surface area contributed by atoms with Crippen molar-refractivity contribution in [2.75, 3.05) is 13.1 Å². The second kappa shape index (κ2) is 5.05. The van der Waals surface area contributed by atoms with E-state index in [-0.39, 0.29) is 27.6 Å². The summed E-state index contributed by atoms with van der Waals surface area (Å²) in [6.45, 7) is 8.24. The van der Waals surface area contributed by atoms with Crippen LogP contribution >= 0.6 is 23.2 Å². The molecule has 2 nitrogen and oxygen atoms in total. The molecule has 2 rings (SSSR count). The SMILES string of the molecule is C[C@H]1CCCN(C(=O)[C@@H]2[C@H](C=C(Cl)Cl)C2(C)C)C1. The third-order valence-electron chi connectivity index (χ3n) is 4.45. The van der Waals surface area contributed by atoms with Gasteiger partial charge in [0.15, 0.2) is 0 Å². The van der Waals surface area contributed by atoms with E-state index in [9.17, 15) is 4.79 Å². The fourth-order valence-corrected chi connectivity index (χ4v) is 3.45. The van der Waals surface area contributed by atoms with Gasteiger partial charge in [0.2, 0.25) is 5.91 Å². The second-order valence-electron chi connectivity index (χ2n) is 6.31. The van der Waals surface area contributed by atoms with Gasteiger partial charge in [-0.1, -0.05) is 44.0 Å². The molecular weight excluding hydrogens is 269 g/mol. The van der Waals surface area contributed by atoms with E-state index in [0.717, 1.165) is 19.5 Å². The van der Waals surface area contributed by atoms with E-state index in [1.165, 1.54) is 6.42 Å². The molecule has 0 spiro atoms. The maximum Gasteiger partial charge on any atom is 0.226 e. The third-order valence-corrected chi connectivity index (χ3v) is 4.70. The van der Waals surface area contributed by atoms with Crippen LogP contribution in [0, 0.1) is 23.2 Å². The van der Waals surface area contributed by atoms with Crippen molar-refractivity contribution in [3.05, 3.63) is 10.6 Å². The lowest BCUT2D eigenvalue weighted by Crippen LogP contribution is -2.40. The van der Waals surface area contributed by atoms with Gasteiger partial charge in [0.25, 0.3) is 0 Å². The molecule has 1 saturated carbocycles. The molecular formula is C14H21Cl2NO. The molecule has 2 aliphatic rings. The van der Waals surface area contributed by atoms with Gasteiger partial charge in [-0.2, -0.15) is 0 Å². The zero-order valence-electron chi connectivity index (χ0n) is 11.2. The number of carbonyl (C=O) groups is 1. The number of likely N-dealkylation sites (tertiary alicyclic amines) is 1. The average Bonchev–Trinajstić information content (AvgIpc) is 2.78. The Morgan fingerprint density at radius 1 is 1.39 bits per heavy atom. The van der Waals surface area contributed by atoms with Gasteiger partial charge < -0.3 is 4.90 Å². The van der Waals surface area contributed by atoms with Gasteiger partial charge in [-0.25, -0.2) is 0 Å². The molecule has 0 aromatic rings. The van der Waals surface area contributed by atoms with Gasteiger partial charge in [-0.15, -0.1) is 0 Å². The molecule has 1 aliphatic heterocycles. The van der Waals surface area contributed by atoms with Gasteiger partial charge in [0.05, 0.1) is 5.92 Å². The van der Waals surface area contributed by atoms with Crippen LogP contribution in [-0.4, -0.2) is 23.9 Å². The van der Waals surface area contributed by atoms with Crippen molar-refractivity contribution in [1.29, 1.82) is 0 Å². The molecule has 1 heterocycles. The van der Waals surface area contributed by atoms with Crippen LogP contribution in [0.1, 0.15) is 33.6 Å². The topological polar surface area (TPSA) is 20.3 Å². The van der Waals surface area contributed by atoms with Gasteiger partial charge in [0.1, 0.15) is 4.49 Å². The first kappa shape index (κ1) is 14.2.